The van der Waals surface area contributed by atoms with Gasteiger partial charge in [-0.3, -0.25) is 0 Å². The van der Waals surface area contributed by atoms with Crippen molar-refractivity contribution in [3.8, 4) is 0 Å². The zero-order chi connectivity index (χ0) is 5.86. The molecule has 0 atom stereocenters. The lowest BCUT2D eigenvalue weighted by molar-refractivity contribution is -0.320. The van der Waals surface area contributed by atoms with Crippen molar-refractivity contribution < 1.29 is 14.3 Å². The summed E-state index contributed by atoms with van der Waals surface area (Å²) in [5.41, 5.74) is 0. The van der Waals surface area contributed by atoms with E-state index in [0.717, 1.165) is 0 Å². The molecule has 0 rings (SSSR count). The van der Waals surface area contributed by atoms with Crippen LogP contribution in [0.15, 0.2) is 0 Å². The Hall–Kier alpha value is 0.310. The van der Waals surface area contributed by atoms with Gasteiger partial charge in [0.25, 0.3) is 0 Å². The Kier molecular flexibility index (Phi) is 3.48. The zero-order valence-electron chi connectivity index (χ0n) is 4.25. The molecule has 0 aromatic rings. The van der Waals surface area contributed by atoms with Gasteiger partial charge in [-0.05, 0) is 13.8 Å². The second kappa shape index (κ2) is 3.33. The molecular formula is C3H7O3P-2. The van der Waals surface area contributed by atoms with E-state index in [1.165, 1.54) is 0 Å². The molecule has 0 aliphatic rings. The third kappa shape index (κ3) is 6.31. The minimum Gasteiger partial charge on any atom is -0.820 e. The van der Waals surface area contributed by atoms with Crippen LogP contribution >= 0.6 is 8.60 Å². The Labute approximate surface area is 43.9 Å². The molecule has 0 unspecified atom stereocenters. The minimum absolute atomic E-state index is 0.221. The third-order valence-corrected chi connectivity index (χ3v) is 0.891. The zero-order valence-corrected chi connectivity index (χ0v) is 5.14. The summed E-state index contributed by atoms with van der Waals surface area (Å²) in [5, 5.41) is 0. The highest BCUT2D eigenvalue weighted by atomic mass is 31.2. The smallest absolute Gasteiger partial charge is 0.0528 e. The lowest BCUT2D eigenvalue weighted by Crippen LogP contribution is -2.14. The first kappa shape index (κ1) is 7.31. The highest BCUT2D eigenvalue weighted by Gasteiger charge is 1.83. The molecule has 0 spiro atoms. The van der Waals surface area contributed by atoms with E-state index >= 15 is 0 Å². The summed E-state index contributed by atoms with van der Waals surface area (Å²) >= 11 is 0. The van der Waals surface area contributed by atoms with E-state index in [4.69, 9.17) is 0 Å². The van der Waals surface area contributed by atoms with Crippen LogP contribution in [0.4, 0.5) is 0 Å². The molecule has 0 bridgehead atoms. The number of hydrogen-bond acceptors (Lipinski definition) is 3. The molecule has 0 heterocycles. The minimum atomic E-state index is -2.64. The van der Waals surface area contributed by atoms with Crippen LogP contribution in [0.1, 0.15) is 13.8 Å². The van der Waals surface area contributed by atoms with Crippen molar-refractivity contribution in [2.24, 2.45) is 0 Å². The van der Waals surface area contributed by atoms with Crippen molar-refractivity contribution in [3.05, 3.63) is 0 Å². The average molecular weight is 122 g/mol. The van der Waals surface area contributed by atoms with Crippen LogP contribution in [0.2, 0.25) is 0 Å². The molecule has 0 saturated heterocycles. The normalized spacial score (nSPS) is 11.1. The van der Waals surface area contributed by atoms with Gasteiger partial charge in [0, 0.05) is 0 Å². The molecule has 0 radical (unpaired) electrons. The highest BCUT2D eigenvalue weighted by Crippen LogP contribution is 2.15. The van der Waals surface area contributed by atoms with Crippen LogP contribution in [-0.2, 0) is 4.52 Å². The quantitative estimate of drug-likeness (QED) is 0.457. The van der Waals surface area contributed by atoms with Crippen molar-refractivity contribution in [1.82, 2.24) is 0 Å². The average Bonchev–Trinajstić information content (AvgIpc) is 1.27. The molecule has 7 heavy (non-hydrogen) atoms. The van der Waals surface area contributed by atoms with E-state index < -0.39 is 8.60 Å². The SMILES string of the molecule is CC(C)OP([O-])[O-]. The summed E-state index contributed by atoms with van der Waals surface area (Å²) in [7, 11) is -2.64. The van der Waals surface area contributed by atoms with Crippen LogP contribution in [0.5, 0.6) is 0 Å². The Morgan fingerprint density at radius 3 is 1.86 bits per heavy atom. The lowest BCUT2D eigenvalue weighted by atomic mass is 10.5. The Bertz CT molecular complexity index is 39.4. The predicted molar refractivity (Wildman–Crippen MR) is 23.1 cm³/mol. The Balaban J connectivity index is 2.95. The molecule has 0 aromatic heterocycles. The van der Waals surface area contributed by atoms with Crippen LogP contribution in [-0.4, -0.2) is 6.10 Å². The van der Waals surface area contributed by atoms with Crippen LogP contribution < -0.4 is 9.79 Å². The molecule has 0 aliphatic heterocycles. The molecule has 0 aromatic carbocycles. The summed E-state index contributed by atoms with van der Waals surface area (Å²) < 4.78 is 4.20. The summed E-state index contributed by atoms with van der Waals surface area (Å²) in [4.78, 5) is 19.2. The van der Waals surface area contributed by atoms with E-state index in [-0.39, 0.29) is 6.10 Å². The maximum absolute atomic E-state index is 9.62. The summed E-state index contributed by atoms with van der Waals surface area (Å²) in [6, 6.07) is 0. The standard InChI is InChI=1S/C3H7O3P/c1-3(2)6-7(4)5/h3H,1-2H3/q-2. The molecule has 0 fully saturated rings. The topological polar surface area (TPSA) is 55.3 Å². The number of hydrogen-bond donors (Lipinski definition) is 0. The first-order valence-electron chi connectivity index (χ1n) is 1.94. The first-order chi connectivity index (χ1) is 3.13. The lowest BCUT2D eigenvalue weighted by Gasteiger charge is -2.31. The fourth-order valence-electron chi connectivity index (χ4n) is 0.172. The van der Waals surface area contributed by atoms with Gasteiger partial charge < -0.3 is 14.3 Å². The predicted octanol–water partition coefficient (Wildman–Crippen LogP) is -0.641. The van der Waals surface area contributed by atoms with Crippen molar-refractivity contribution >= 4 is 8.60 Å². The van der Waals surface area contributed by atoms with Crippen molar-refractivity contribution in [2.75, 3.05) is 0 Å². The van der Waals surface area contributed by atoms with Gasteiger partial charge in [-0.1, -0.05) is 0 Å². The van der Waals surface area contributed by atoms with Crippen LogP contribution in [0.3, 0.4) is 0 Å². The molecule has 4 heteroatoms. The van der Waals surface area contributed by atoms with Crippen molar-refractivity contribution in [1.29, 1.82) is 0 Å². The molecule has 44 valence electrons. The van der Waals surface area contributed by atoms with Gasteiger partial charge in [0.1, 0.15) is 0 Å². The molecule has 0 saturated carbocycles. The summed E-state index contributed by atoms with van der Waals surface area (Å²) in [5.74, 6) is 0. The van der Waals surface area contributed by atoms with E-state index in [9.17, 15) is 9.79 Å². The van der Waals surface area contributed by atoms with Gasteiger partial charge in [0.2, 0.25) is 0 Å². The maximum atomic E-state index is 9.62. The van der Waals surface area contributed by atoms with E-state index in [1.807, 2.05) is 0 Å². The molecule has 0 amide bonds. The summed E-state index contributed by atoms with van der Waals surface area (Å²) in [6.45, 7) is 3.32. The monoisotopic (exact) mass is 122 g/mol. The fourth-order valence-corrected chi connectivity index (χ4v) is 0.516. The van der Waals surface area contributed by atoms with Crippen molar-refractivity contribution in [3.63, 3.8) is 0 Å². The Morgan fingerprint density at radius 1 is 1.43 bits per heavy atom. The maximum Gasteiger partial charge on any atom is 0.0528 e. The second-order valence-electron chi connectivity index (χ2n) is 1.38. The van der Waals surface area contributed by atoms with E-state index in [2.05, 4.69) is 4.52 Å². The largest absolute Gasteiger partial charge is 0.820 e. The summed E-state index contributed by atoms with van der Waals surface area (Å²) in [6.07, 6.45) is -0.221. The van der Waals surface area contributed by atoms with Crippen LogP contribution in [0, 0.1) is 0 Å². The third-order valence-electron chi connectivity index (χ3n) is 0.297. The molecule has 3 nitrogen and oxygen atoms in total. The fraction of sp³-hybridized carbons (Fsp3) is 1.00. The van der Waals surface area contributed by atoms with Gasteiger partial charge in [0.05, 0.1) is 6.10 Å². The van der Waals surface area contributed by atoms with Gasteiger partial charge in [-0.2, -0.15) is 8.60 Å². The highest BCUT2D eigenvalue weighted by molar-refractivity contribution is 7.36. The van der Waals surface area contributed by atoms with E-state index in [1.54, 1.807) is 13.8 Å². The molecule has 0 N–H and O–H groups in total. The molecular weight excluding hydrogens is 115 g/mol. The van der Waals surface area contributed by atoms with Gasteiger partial charge in [0.15, 0.2) is 0 Å². The van der Waals surface area contributed by atoms with E-state index in [0.29, 0.717) is 0 Å². The van der Waals surface area contributed by atoms with Crippen LogP contribution in [0.25, 0.3) is 0 Å². The first-order valence-corrected chi connectivity index (χ1v) is 3.03. The number of rotatable bonds is 2. The van der Waals surface area contributed by atoms with Gasteiger partial charge in [-0.15, -0.1) is 0 Å². The Morgan fingerprint density at radius 2 is 1.86 bits per heavy atom. The van der Waals surface area contributed by atoms with Gasteiger partial charge >= 0.3 is 0 Å². The molecule has 0 aliphatic carbocycles. The second-order valence-corrected chi connectivity index (χ2v) is 2.04. The van der Waals surface area contributed by atoms with Crippen molar-refractivity contribution in [2.45, 2.75) is 20.0 Å². The van der Waals surface area contributed by atoms with Gasteiger partial charge in [-0.25, -0.2) is 0 Å².